The molecule has 0 radical (unpaired) electrons. The van der Waals surface area contributed by atoms with Crippen molar-refractivity contribution in [3.05, 3.63) is 17.5 Å². The molecule has 0 saturated carbocycles. The maximum atomic E-state index is 11.7. The summed E-state index contributed by atoms with van der Waals surface area (Å²) in [5.74, 6) is 1.83. The zero-order valence-corrected chi connectivity index (χ0v) is 11.0. The molecule has 1 amide bonds. The molecule has 1 unspecified atom stereocenters. The van der Waals surface area contributed by atoms with Gasteiger partial charge in [-0.15, -0.1) is 11.8 Å². The molecule has 5 nitrogen and oxygen atoms in total. The molecule has 0 aliphatic carbocycles. The average Bonchev–Trinajstić information content (AvgIpc) is 2.89. The number of carbonyl (C=O) groups excluding carboxylic acids is 1. The van der Waals surface area contributed by atoms with Gasteiger partial charge in [-0.3, -0.25) is 14.8 Å². The van der Waals surface area contributed by atoms with Gasteiger partial charge in [-0.2, -0.15) is 5.10 Å². The summed E-state index contributed by atoms with van der Waals surface area (Å²) in [5, 5.41) is 10.4. The van der Waals surface area contributed by atoms with Crippen LogP contribution in [0.3, 0.4) is 0 Å². The van der Waals surface area contributed by atoms with Crippen LogP contribution in [0.15, 0.2) is 6.07 Å². The molecule has 1 fully saturated rings. The summed E-state index contributed by atoms with van der Waals surface area (Å²) >= 11 is 1.76. The summed E-state index contributed by atoms with van der Waals surface area (Å²) in [5.41, 5.74) is 2.15. The van der Waals surface area contributed by atoms with Gasteiger partial charge in [-0.05, 0) is 19.9 Å². The van der Waals surface area contributed by atoms with E-state index in [0.717, 1.165) is 29.6 Å². The Kier molecular flexibility index (Phi) is 4.06. The Labute approximate surface area is 105 Å². The van der Waals surface area contributed by atoms with Crippen LogP contribution in [0.1, 0.15) is 11.4 Å². The number of carbonyl (C=O) groups is 1. The van der Waals surface area contributed by atoms with Crippen LogP contribution in [0, 0.1) is 13.8 Å². The Morgan fingerprint density at radius 3 is 3.12 bits per heavy atom. The lowest BCUT2D eigenvalue weighted by molar-refractivity contribution is -0.122. The van der Waals surface area contributed by atoms with E-state index >= 15 is 0 Å². The Balaban J connectivity index is 1.75. The topological polar surface area (TPSA) is 59.0 Å². The van der Waals surface area contributed by atoms with Crippen LogP contribution in [0.2, 0.25) is 0 Å². The first-order valence-corrected chi connectivity index (χ1v) is 6.92. The SMILES string of the molecule is Cc1cc(C)n(CCNC(=O)C2CSCN2)n1. The highest BCUT2D eigenvalue weighted by atomic mass is 32.2. The largest absolute Gasteiger partial charge is 0.353 e. The van der Waals surface area contributed by atoms with Crippen LogP contribution in [0.5, 0.6) is 0 Å². The Morgan fingerprint density at radius 2 is 2.53 bits per heavy atom. The van der Waals surface area contributed by atoms with Crippen molar-refractivity contribution in [1.29, 1.82) is 0 Å². The van der Waals surface area contributed by atoms with E-state index in [9.17, 15) is 4.79 Å². The lowest BCUT2D eigenvalue weighted by Crippen LogP contribution is -2.43. The minimum Gasteiger partial charge on any atom is -0.353 e. The normalized spacial score (nSPS) is 19.5. The average molecular weight is 254 g/mol. The van der Waals surface area contributed by atoms with Crippen LogP contribution < -0.4 is 10.6 Å². The molecule has 94 valence electrons. The summed E-state index contributed by atoms with van der Waals surface area (Å²) < 4.78 is 1.92. The fraction of sp³-hybridized carbons (Fsp3) is 0.636. The number of aromatic nitrogens is 2. The Hall–Kier alpha value is -1.01. The zero-order chi connectivity index (χ0) is 12.3. The second-order valence-electron chi connectivity index (χ2n) is 4.21. The number of nitrogens with zero attached hydrogens (tertiary/aromatic N) is 2. The number of aryl methyl sites for hydroxylation is 2. The Morgan fingerprint density at radius 1 is 1.71 bits per heavy atom. The van der Waals surface area contributed by atoms with Crippen LogP contribution >= 0.6 is 11.8 Å². The molecular formula is C11H18N4OS. The minimum absolute atomic E-state index is 0.0274. The molecule has 1 aliphatic heterocycles. The second-order valence-corrected chi connectivity index (χ2v) is 5.24. The van der Waals surface area contributed by atoms with Crippen molar-refractivity contribution in [1.82, 2.24) is 20.4 Å². The van der Waals surface area contributed by atoms with Gasteiger partial charge in [-0.25, -0.2) is 0 Å². The third kappa shape index (κ3) is 3.23. The maximum absolute atomic E-state index is 11.7. The first kappa shape index (κ1) is 12.4. The van der Waals surface area contributed by atoms with Crippen molar-refractivity contribution in [2.75, 3.05) is 18.2 Å². The number of hydrogen-bond acceptors (Lipinski definition) is 4. The summed E-state index contributed by atoms with van der Waals surface area (Å²) in [6, 6.07) is 2.01. The summed E-state index contributed by atoms with van der Waals surface area (Å²) in [4.78, 5) is 11.7. The molecule has 1 aliphatic rings. The first-order valence-electron chi connectivity index (χ1n) is 5.76. The smallest absolute Gasteiger partial charge is 0.238 e. The van der Waals surface area contributed by atoms with Crippen molar-refractivity contribution >= 4 is 17.7 Å². The molecule has 0 bridgehead atoms. The molecule has 1 atom stereocenters. The van der Waals surface area contributed by atoms with Crippen molar-refractivity contribution in [2.45, 2.75) is 26.4 Å². The molecule has 2 heterocycles. The highest BCUT2D eigenvalue weighted by Crippen LogP contribution is 2.09. The second kappa shape index (κ2) is 5.55. The van der Waals surface area contributed by atoms with E-state index in [-0.39, 0.29) is 11.9 Å². The zero-order valence-electron chi connectivity index (χ0n) is 10.2. The van der Waals surface area contributed by atoms with Crippen LogP contribution in [0.4, 0.5) is 0 Å². The fourth-order valence-corrected chi connectivity index (χ4v) is 2.81. The molecule has 17 heavy (non-hydrogen) atoms. The van der Waals surface area contributed by atoms with Gasteiger partial charge in [-0.1, -0.05) is 0 Å². The van der Waals surface area contributed by atoms with E-state index in [1.165, 1.54) is 0 Å². The van der Waals surface area contributed by atoms with Crippen molar-refractivity contribution in [2.24, 2.45) is 0 Å². The molecule has 6 heteroatoms. The number of nitrogens with one attached hydrogen (secondary N) is 2. The lowest BCUT2D eigenvalue weighted by Gasteiger charge is -2.10. The molecule has 2 N–H and O–H groups in total. The molecule has 1 aromatic heterocycles. The quantitative estimate of drug-likeness (QED) is 0.810. The number of amides is 1. The van der Waals surface area contributed by atoms with Gasteiger partial charge in [0, 0.05) is 23.9 Å². The monoisotopic (exact) mass is 254 g/mol. The van der Waals surface area contributed by atoms with Crippen molar-refractivity contribution in [3.63, 3.8) is 0 Å². The van der Waals surface area contributed by atoms with E-state index in [1.54, 1.807) is 11.8 Å². The van der Waals surface area contributed by atoms with E-state index < -0.39 is 0 Å². The third-order valence-electron chi connectivity index (χ3n) is 2.76. The first-order chi connectivity index (χ1) is 8.16. The van der Waals surface area contributed by atoms with Crippen LogP contribution in [-0.4, -0.2) is 39.9 Å². The van der Waals surface area contributed by atoms with E-state index in [4.69, 9.17) is 0 Å². The molecule has 0 spiro atoms. The van der Waals surface area contributed by atoms with E-state index in [0.29, 0.717) is 6.54 Å². The summed E-state index contributed by atoms with van der Waals surface area (Å²) in [6.45, 7) is 5.35. The van der Waals surface area contributed by atoms with Gasteiger partial charge in [0.15, 0.2) is 0 Å². The summed E-state index contributed by atoms with van der Waals surface area (Å²) in [6.07, 6.45) is 0. The molecule has 1 saturated heterocycles. The predicted octanol–water partition coefficient (Wildman–Crippen LogP) is 0.279. The van der Waals surface area contributed by atoms with Gasteiger partial charge in [0.25, 0.3) is 0 Å². The standard InChI is InChI=1S/C11H18N4OS/c1-8-5-9(2)15(14-8)4-3-12-11(16)10-6-17-7-13-10/h5,10,13H,3-4,6-7H2,1-2H3,(H,12,16). The minimum atomic E-state index is -0.0274. The van der Waals surface area contributed by atoms with Gasteiger partial charge >= 0.3 is 0 Å². The van der Waals surface area contributed by atoms with Crippen LogP contribution in [0.25, 0.3) is 0 Å². The van der Waals surface area contributed by atoms with Crippen molar-refractivity contribution < 1.29 is 4.79 Å². The van der Waals surface area contributed by atoms with Gasteiger partial charge in [0.1, 0.15) is 0 Å². The lowest BCUT2D eigenvalue weighted by atomic mass is 10.3. The molecule has 1 aromatic rings. The van der Waals surface area contributed by atoms with Gasteiger partial charge < -0.3 is 5.32 Å². The number of rotatable bonds is 4. The fourth-order valence-electron chi connectivity index (χ4n) is 1.87. The van der Waals surface area contributed by atoms with Crippen molar-refractivity contribution in [3.8, 4) is 0 Å². The Bertz CT molecular complexity index is 398. The molecular weight excluding hydrogens is 236 g/mol. The predicted molar refractivity (Wildman–Crippen MR) is 69.0 cm³/mol. The summed E-state index contributed by atoms with van der Waals surface area (Å²) in [7, 11) is 0. The number of thioether (sulfide) groups is 1. The maximum Gasteiger partial charge on any atom is 0.238 e. The number of hydrogen-bond donors (Lipinski definition) is 2. The van der Waals surface area contributed by atoms with Gasteiger partial charge in [0.2, 0.25) is 5.91 Å². The van der Waals surface area contributed by atoms with E-state index in [2.05, 4.69) is 15.7 Å². The highest BCUT2D eigenvalue weighted by Gasteiger charge is 2.21. The third-order valence-corrected chi connectivity index (χ3v) is 3.70. The van der Waals surface area contributed by atoms with E-state index in [1.807, 2.05) is 24.6 Å². The molecule has 2 rings (SSSR count). The van der Waals surface area contributed by atoms with Crippen LogP contribution in [-0.2, 0) is 11.3 Å². The van der Waals surface area contributed by atoms with Gasteiger partial charge in [0.05, 0.1) is 18.3 Å². The molecule has 0 aromatic carbocycles. The highest BCUT2D eigenvalue weighted by molar-refractivity contribution is 7.99.